The third-order valence-corrected chi connectivity index (χ3v) is 10.5. The zero-order chi connectivity index (χ0) is 33.4. The summed E-state index contributed by atoms with van der Waals surface area (Å²) < 4.78 is 5.53. The van der Waals surface area contributed by atoms with Crippen molar-refractivity contribution in [1.82, 2.24) is 20.9 Å². The van der Waals surface area contributed by atoms with Gasteiger partial charge in [0.15, 0.2) is 0 Å². The Morgan fingerprint density at radius 1 is 0.933 bits per heavy atom. The molecule has 5 amide bonds. The van der Waals surface area contributed by atoms with Crippen molar-refractivity contribution in [3.05, 3.63) is 0 Å². The smallest absolute Gasteiger partial charge is 0.328 e. The van der Waals surface area contributed by atoms with E-state index in [1.807, 2.05) is 48.5 Å². The number of rotatable bonds is 15. The lowest BCUT2D eigenvalue weighted by Crippen LogP contribution is -2.62. The molecule has 0 aromatic carbocycles. The molecule has 1 saturated heterocycles. The molecule has 45 heavy (non-hydrogen) atoms. The van der Waals surface area contributed by atoms with Crippen molar-refractivity contribution in [2.24, 2.45) is 46.2 Å². The highest BCUT2D eigenvalue weighted by Gasteiger charge is 2.70. The number of nitrogens with two attached hydrogens (primary N) is 1. The van der Waals surface area contributed by atoms with Crippen LogP contribution < -0.4 is 21.7 Å². The summed E-state index contributed by atoms with van der Waals surface area (Å²) in [7, 11) is 0. The van der Waals surface area contributed by atoms with E-state index in [4.69, 9.17) is 10.5 Å². The lowest BCUT2D eigenvalue weighted by molar-refractivity contribution is -0.148. The van der Waals surface area contributed by atoms with Crippen molar-refractivity contribution in [1.29, 1.82) is 0 Å². The first-order valence-electron chi connectivity index (χ1n) is 16.7. The van der Waals surface area contributed by atoms with E-state index in [2.05, 4.69) is 16.0 Å². The van der Waals surface area contributed by atoms with E-state index in [0.29, 0.717) is 38.3 Å². The van der Waals surface area contributed by atoms with Crippen LogP contribution in [0.1, 0.15) is 93.4 Å². The second kappa shape index (κ2) is 13.3. The minimum Gasteiger partial charge on any atom is -0.464 e. The van der Waals surface area contributed by atoms with Gasteiger partial charge in [-0.05, 0) is 59.7 Å². The maximum atomic E-state index is 14.3. The second-order valence-corrected chi connectivity index (χ2v) is 15.4. The Kier molecular flexibility index (Phi) is 10.2. The average Bonchev–Trinajstić information content (AvgIpc) is 3.92. The molecule has 0 spiro atoms. The van der Waals surface area contributed by atoms with Crippen molar-refractivity contribution in [3.8, 4) is 0 Å². The van der Waals surface area contributed by atoms with Gasteiger partial charge in [0.05, 0.1) is 12.6 Å². The van der Waals surface area contributed by atoms with Gasteiger partial charge in [0, 0.05) is 6.54 Å². The van der Waals surface area contributed by atoms with E-state index in [9.17, 15) is 28.8 Å². The van der Waals surface area contributed by atoms with Gasteiger partial charge in [0.1, 0.15) is 18.1 Å². The van der Waals surface area contributed by atoms with Crippen LogP contribution in [-0.2, 0) is 28.7 Å². The molecule has 4 rings (SSSR count). The maximum Gasteiger partial charge on any atom is 0.328 e. The normalized spacial score (nSPS) is 25.4. The van der Waals surface area contributed by atoms with E-state index in [0.717, 1.165) is 25.7 Å². The summed E-state index contributed by atoms with van der Waals surface area (Å²) in [5, 5.41) is 8.38. The maximum absolute atomic E-state index is 14.3. The standard InChI is InChI=1S/C33H53N5O7/c1-8-19(9-2)23(30(43)45-16-18-12-13-18)36-31(44)37-26(32(3,4)5)29(42)38-15-20-22(33(20,6)7)24(38)28(41)35-21(14-17-10-11-17)25(39)27(34)40/h17-24,26H,8-16H2,1-7H3,(H2,34,40)(H,35,41)(H2,36,37,44)/t20-,21?,22-,23-,24-,26+/m0/s1. The number of ether oxygens (including phenoxy) is 1. The quantitative estimate of drug-likeness (QED) is 0.158. The predicted octanol–water partition coefficient (Wildman–Crippen LogP) is 2.28. The molecule has 0 bridgehead atoms. The highest BCUT2D eigenvalue weighted by Crippen LogP contribution is 2.65. The number of hydrogen-bond donors (Lipinski definition) is 4. The number of nitrogens with zero attached hydrogens (tertiary/aromatic N) is 1. The van der Waals surface area contributed by atoms with Crippen LogP contribution in [0.4, 0.5) is 4.79 Å². The fourth-order valence-corrected chi connectivity index (χ4v) is 6.99. The minimum absolute atomic E-state index is 0.0702. The molecule has 0 aromatic rings. The Labute approximate surface area is 266 Å². The monoisotopic (exact) mass is 631 g/mol. The number of piperidine rings is 1. The highest BCUT2D eigenvalue weighted by molar-refractivity contribution is 6.37. The molecule has 0 aromatic heterocycles. The fourth-order valence-electron chi connectivity index (χ4n) is 6.99. The molecule has 1 unspecified atom stereocenters. The van der Waals surface area contributed by atoms with Crippen LogP contribution in [-0.4, -0.2) is 77.7 Å². The number of urea groups is 1. The number of carbonyl (C=O) groups excluding carboxylic acids is 6. The van der Waals surface area contributed by atoms with Crippen molar-refractivity contribution >= 4 is 35.5 Å². The fraction of sp³-hybridized carbons (Fsp3) is 0.818. The SMILES string of the molecule is CCC(CC)[C@H](NC(=O)N[C@H](C(=O)N1C[C@H]2[C@@H]([C@H]1C(=O)NC(CC1CC1)C(=O)C(N)=O)C2(C)C)C(C)(C)C)C(=O)OCC1CC1. The van der Waals surface area contributed by atoms with Crippen molar-refractivity contribution in [3.63, 3.8) is 0 Å². The van der Waals surface area contributed by atoms with Crippen LogP contribution in [0.2, 0.25) is 0 Å². The van der Waals surface area contributed by atoms with Gasteiger partial charge in [-0.3, -0.25) is 19.2 Å². The van der Waals surface area contributed by atoms with Gasteiger partial charge < -0.3 is 31.3 Å². The van der Waals surface area contributed by atoms with E-state index < -0.39 is 65.1 Å². The van der Waals surface area contributed by atoms with Gasteiger partial charge in [-0.1, -0.05) is 74.1 Å². The van der Waals surface area contributed by atoms with Crippen molar-refractivity contribution in [2.45, 2.75) is 118 Å². The molecule has 3 saturated carbocycles. The molecule has 3 aliphatic carbocycles. The number of nitrogens with one attached hydrogen (secondary N) is 3. The molecule has 252 valence electrons. The molecule has 12 nitrogen and oxygen atoms in total. The molecular weight excluding hydrogens is 578 g/mol. The van der Waals surface area contributed by atoms with Crippen LogP contribution in [0.15, 0.2) is 0 Å². The Bertz CT molecular complexity index is 1180. The Morgan fingerprint density at radius 2 is 1.53 bits per heavy atom. The number of ketones is 1. The van der Waals surface area contributed by atoms with E-state index in [1.165, 1.54) is 4.90 Å². The lowest BCUT2D eigenvalue weighted by atomic mass is 9.85. The second-order valence-electron chi connectivity index (χ2n) is 15.4. The number of amides is 5. The Morgan fingerprint density at radius 3 is 2.04 bits per heavy atom. The van der Waals surface area contributed by atoms with Gasteiger partial charge in [-0.25, -0.2) is 9.59 Å². The molecule has 0 radical (unpaired) electrons. The van der Waals surface area contributed by atoms with Crippen LogP contribution in [0, 0.1) is 40.4 Å². The van der Waals surface area contributed by atoms with Crippen molar-refractivity contribution < 1.29 is 33.5 Å². The number of carbonyl (C=O) groups is 6. The Balaban J connectivity index is 1.51. The molecule has 6 atom stereocenters. The number of hydrogen-bond acceptors (Lipinski definition) is 7. The number of esters is 1. The first-order valence-corrected chi connectivity index (χ1v) is 16.7. The van der Waals surface area contributed by atoms with Crippen LogP contribution in [0.5, 0.6) is 0 Å². The highest BCUT2D eigenvalue weighted by atomic mass is 16.5. The number of fused-ring (bicyclic) bond motifs is 1. The summed E-state index contributed by atoms with van der Waals surface area (Å²) in [5.74, 6) is -2.92. The van der Waals surface area contributed by atoms with Crippen molar-refractivity contribution in [2.75, 3.05) is 13.2 Å². The molecule has 1 aliphatic heterocycles. The largest absolute Gasteiger partial charge is 0.464 e. The Hall–Kier alpha value is -3.18. The molecule has 12 heteroatoms. The van der Waals surface area contributed by atoms with Crippen LogP contribution in [0.25, 0.3) is 0 Å². The molecule has 5 N–H and O–H groups in total. The van der Waals surface area contributed by atoms with Gasteiger partial charge in [0.2, 0.25) is 17.6 Å². The van der Waals surface area contributed by atoms with Gasteiger partial charge in [0.25, 0.3) is 5.91 Å². The first-order chi connectivity index (χ1) is 21.0. The van der Waals surface area contributed by atoms with Gasteiger partial charge in [-0.15, -0.1) is 0 Å². The third-order valence-electron chi connectivity index (χ3n) is 10.5. The predicted molar refractivity (Wildman–Crippen MR) is 166 cm³/mol. The summed E-state index contributed by atoms with van der Waals surface area (Å²) in [4.78, 5) is 80.4. The summed E-state index contributed by atoms with van der Waals surface area (Å²) in [5.41, 5.74) is 4.36. The summed E-state index contributed by atoms with van der Waals surface area (Å²) >= 11 is 0. The van der Waals surface area contributed by atoms with Crippen LogP contribution >= 0.6 is 0 Å². The molecular formula is C33H53N5O7. The van der Waals surface area contributed by atoms with E-state index in [1.54, 1.807) is 0 Å². The lowest BCUT2D eigenvalue weighted by Gasteiger charge is -2.38. The topological polar surface area (TPSA) is 177 Å². The zero-order valence-corrected chi connectivity index (χ0v) is 27.9. The first kappa shape index (κ1) is 34.7. The molecule has 4 aliphatic rings. The van der Waals surface area contributed by atoms with E-state index in [-0.39, 0.29) is 29.1 Å². The summed E-state index contributed by atoms with van der Waals surface area (Å²) in [6.07, 6.45) is 5.55. The van der Waals surface area contributed by atoms with Gasteiger partial charge >= 0.3 is 12.0 Å². The van der Waals surface area contributed by atoms with E-state index >= 15 is 0 Å². The molecule has 4 fully saturated rings. The van der Waals surface area contributed by atoms with Crippen LogP contribution in [0.3, 0.4) is 0 Å². The summed E-state index contributed by atoms with van der Waals surface area (Å²) in [6, 6.07) is -4.45. The zero-order valence-electron chi connectivity index (χ0n) is 27.9. The molecule has 1 heterocycles. The number of likely N-dealkylation sites (tertiary alicyclic amines) is 1. The number of primary amides is 1. The third kappa shape index (κ3) is 7.98. The summed E-state index contributed by atoms with van der Waals surface area (Å²) in [6.45, 7) is 14.1. The number of Topliss-reactive ketones (excluding diaryl/α,β-unsaturated/α-hetero) is 1. The average molecular weight is 632 g/mol. The van der Waals surface area contributed by atoms with Gasteiger partial charge in [-0.2, -0.15) is 0 Å². The minimum atomic E-state index is -1.10.